The van der Waals surface area contributed by atoms with Crippen LogP contribution in [0.1, 0.15) is 37.9 Å². The molecule has 3 aromatic rings. The van der Waals surface area contributed by atoms with Gasteiger partial charge in [-0.3, -0.25) is 9.47 Å². The van der Waals surface area contributed by atoms with Gasteiger partial charge < -0.3 is 9.74 Å². The van der Waals surface area contributed by atoms with Gasteiger partial charge in [0.2, 0.25) is 5.52 Å². The number of hydrogen-bond acceptors (Lipinski definition) is 5. The molecule has 3 atom stereocenters. The molecule has 0 bridgehead atoms. The van der Waals surface area contributed by atoms with Crippen molar-refractivity contribution < 1.29 is 13.2 Å². The Balaban J connectivity index is 1.64. The molecule has 3 heterocycles. The van der Waals surface area contributed by atoms with Crippen LogP contribution in [-0.2, 0) is 13.2 Å². The van der Waals surface area contributed by atoms with E-state index in [1.54, 1.807) is 19.2 Å². The fourth-order valence-corrected chi connectivity index (χ4v) is 4.59. The van der Waals surface area contributed by atoms with Crippen LogP contribution in [0.25, 0.3) is 15.9 Å². The number of piperazine rings is 1. The predicted molar refractivity (Wildman–Crippen MR) is 124 cm³/mol. The molecule has 34 heavy (non-hydrogen) atoms. The molecule has 0 radical (unpaired) electrons. The lowest BCUT2D eigenvalue weighted by molar-refractivity contribution is -0.137. The molecule has 0 aliphatic carbocycles. The van der Waals surface area contributed by atoms with E-state index in [2.05, 4.69) is 19.7 Å². The van der Waals surface area contributed by atoms with Crippen LogP contribution in [-0.4, -0.2) is 44.6 Å². The zero-order valence-corrected chi connectivity index (χ0v) is 19.3. The van der Waals surface area contributed by atoms with Crippen LogP contribution in [0, 0.1) is 6.57 Å². The minimum absolute atomic E-state index is 0.0263. The van der Waals surface area contributed by atoms with E-state index >= 15 is 0 Å². The highest BCUT2D eigenvalue weighted by molar-refractivity contribution is 5.87. The third-order valence-corrected chi connectivity index (χ3v) is 6.56. The van der Waals surface area contributed by atoms with Crippen molar-refractivity contribution in [3.05, 3.63) is 69.4 Å². The van der Waals surface area contributed by atoms with E-state index < -0.39 is 17.4 Å². The standard InChI is InChI=1S/C24H25F3N6O/c1-14-13-33(22-21-19(31(5)23(34)30-22)10-11-20(28-4)29-21)15(2)12-32(14)16(3)17-6-8-18(9-7-17)24(25,26)27/h6-11,14-16H,12-13H2,1-3,5H3/t14-,15+,16?/m1/s1. The highest BCUT2D eigenvalue weighted by atomic mass is 19.4. The Labute approximate surface area is 195 Å². The number of aryl methyl sites for hydroxylation is 1. The summed E-state index contributed by atoms with van der Waals surface area (Å²) in [6, 6.07) is 8.47. The van der Waals surface area contributed by atoms with Gasteiger partial charge in [0.1, 0.15) is 0 Å². The zero-order valence-electron chi connectivity index (χ0n) is 19.3. The van der Waals surface area contributed by atoms with Crippen LogP contribution in [0.5, 0.6) is 0 Å². The molecule has 1 fully saturated rings. The van der Waals surface area contributed by atoms with Crippen LogP contribution in [0.15, 0.2) is 41.2 Å². The van der Waals surface area contributed by atoms with E-state index in [1.165, 1.54) is 16.7 Å². The van der Waals surface area contributed by atoms with Crippen LogP contribution in [0.3, 0.4) is 0 Å². The summed E-state index contributed by atoms with van der Waals surface area (Å²) in [5.74, 6) is 0.675. The van der Waals surface area contributed by atoms with Gasteiger partial charge in [0, 0.05) is 38.3 Å². The molecule has 2 aromatic heterocycles. The smallest absolute Gasteiger partial charge is 0.361 e. The fraction of sp³-hybridized carbons (Fsp3) is 0.417. The Kier molecular flexibility index (Phi) is 6.08. The number of halogens is 3. The number of anilines is 1. The van der Waals surface area contributed by atoms with Gasteiger partial charge in [-0.2, -0.15) is 18.2 Å². The number of rotatable bonds is 3. The second-order valence-electron chi connectivity index (χ2n) is 8.77. The number of hydrogen-bond donors (Lipinski definition) is 0. The molecule has 4 rings (SSSR count). The zero-order chi connectivity index (χ0) is 24.8. The Morgan fingerprint density at radius 3 is 2.35 bits per heavy atom. The molecule has 7 nitrogen and oxygen atoms in total. The lowest BCUT2D eigenvalue weighted by atomic mass is 9.99. The summed E-state index contributed by atoms with van der Waals surface area (Å²) in [6.07, 6.45) is -4.36. The number of benzene rings is 1. The molecule has 0 spiro atoms. The first kappa shape index (κ1) is 23.7. The maximum Gasteiger partial charge on any atom is 0.416 e. The normalized spacial score (nSPS) is 20.4. The number of fused-ring (bicyclic) bond motifs is 1. The molecule has 1 unspecified atom stereocenters. The highest BCUT2D eigenvalue weighted by Crippen LogP contribution is 2.34. The van der Waals surface area contributed by atoms with Crippen molar-refractivity contribution in [1.82, 2.24) is 19.4 Å². The molecule has 1 aliphatic rings. The monoisotopic (exact) mass is 470 g/mol. The van der Waals surface area contributed by atoms with Crippen molar-refractivity contribution in [3.8, 4) is 0 Å². The molecule has 1 aliphatic heterocycles. The van der Waals surface area contributed by atoms with Gasteiger partial charge in [-0.1, -0.05) is 18.7 Å². The number of pyridine rings is 1. The van der Waals surface area contributed by atoms with Gasteiger partial charge in [0.15, 0.2) is 5.82 Å². The van der Waals surface area contributed by atoms with Crippen molar-refractivity contribution in [2.75, 3.05) is 18.0 Å². The lowest BCUT2D eigenvalue weighted by Crippen LogP contribution is -2.57. The molecule has 178 valence electrons. The van der Waals surface area contributed by atoms with Gasteiger partial charge in [-0.15, -0.1) is 4.98 Å². The average Bonchev–Trinajstić information content (AvgIpc) is 2.81. The van der Waals surface area contributed by atoms with E-state index in [0.29, 0.717) is 29.9 Å². The summed E-state index contributed by atoms with van der Waals surface area (Å²) < 4.78 is 40.2. The second kappa shape index (κ2) is 8.72. The van der Waals surface area contributed by atoms with Crippen molar-refractivity contribution in [3.63, 3.8) is 0 Å². The van der Waals surface area contributed by atoms with Crippen LogP contribution in [0.2, 0.25) is 0 Å². The van der Waals surface area contributed by atoms with Crippen molar-refractivity contribution in [2.45, 2.75) is 45.1 Å². The minimum atomic E-state index is -4.36. The van der Waals surface area contributed by atoms with Crippen molar-refractivity contribution in [2.24, 2.45) is 7.05 Å². The third kappa shape index (κ3) is 4.23. The molecule has 0 N–H and O–H groups in total. The Morgan fingerprint density at radius 2 is 1.74 bits per heavy atom. The number of nitrogens with zero attached hydrogens (tertiary/aromatic N) is 6. The van der Waals surface area contributed by atoms with Gasteiger partial charge in [0.25, 0.3) is 5.82 Å². The van der Waals surface area contributed by atoms with E-state index in [-0.39, 0.29) is 23.9 Å². The van der Waals surface area contributed by atoms with E-state index in [1.807, 2.05) is 25.7 Å². The van der Waals surface area contributed by atoms with Gasteiger partial charge >= 0.3 is 11.9 Å². The minimum Gasteiger partial charge on any atom is -0.361 e. The van der Waals surface area contributed by atoms with Crippen LogP contribution in [0.4, 0.5) is 24.8 Å². The summed E-state index contributed by atoms with van der Waals surface area (Å²) in [5.41, 5.74) is 0.840. The van der Waals surface area contributed by atoms with Crippen molar-refractivity contribution >= 4 is 22.7 Å². The number of alkyl halides is 3. The van der Waals surface area contributed by atoms with Gasteiger partial charge in [0.05, 0.1) is 11.1 Å². The molecule has 1 aromatic carbocycles. The maximum absolute atomic E-state index is 12.9. The summed E-state index contributed by atoms with van der Waals surface area (Å²) in [6.45, 7) is 14.5. The Morgan fingerprint density at radius 1 is 1.06 bits per heavy atom. The predicted octanol–water partition coefficient (Wildman–Crippen LogP) is 4.56. The topological polar surface area (TPSA) is 58.6 Å². The Bertz CT molecular complexity index is 1310. The summed E-state index contributed by atoms with van der Waals surface area (Å²) in [7, 11) is 1.62. The van der Waals surface area contributed by atoms with Crippen LogP contribution < -0.4 is 10.6 Å². The summed E-state index contributed by atoms with van der Waals surface area (Å²) in [5, 5.41) is 0. The second-order valence-corrected chi connectivity index (χ2v) is 8.77. The van der Waals surface area contributed by atoms with E-state index in [9.17, 15) is 18.0 Å². The maximum atomic E-state index is 12.9. The molecule has 10 heteroatoms. The van der Waals surface area contributed by atoms with Crippen LogP contribution >= 0.6 is 0 Å². The first-order valence-corrected chi connectivity index (χ1v) is 11.0. The molecule has 1 saturated heterocycles. The molecule has 0 saturated carbocycles. The van der Waals surface area contributed by atoms with E-state index in [4.69, 9.17) is 6.57 Å². The Hall–Kier alpha value is -3.45. The van der Waals surface area contributed by atoms with Gasteiger partial charge in [-0.25, -0.2) is 4.79 Å². The largest absolute Gasteiger partial charge is 0.416 e. The molecule has 0 amide bonds. The summed E-state index contributed by atoms with van der Waals surface area (Å²) in [4.78, 5) is 28.9. The SMILES string of the molecule is [C-]#[N+]c1ccc2c(n1)c(N1C[C@@H](C)N(C(C)c3ccc(C(F)(F)F)cc3)C[C@@H]1C)nc(=O)n2C. The van der Waals surface area contributed by atoms with Crippen molar-refractivity contribution in [1.29, 1.82) is 0 Å². The first-order chi connectivity index (χ1) is 16.0. The number of aromatic nitrogens is 3. The average molecular weight is 470 g/mol. The first-order valence-electron chi connectivity index (χ1n) is 11.0. The highest BCUT2D eigenvalue weighted by Gasteiger charge is 2.35. The quantitative estimate of drug-likeness (QED) is 0.526. The third-order valence-electron chi connectivity index (χ3n) is 6.56. The molecular weight excluding hydrogens is 445 g/mol. The lowest BCUT2D eigenvalue weighted by Gasteiger charge is -2.47. The van der Waals surface area contributed by atoms with E-state index in [0.717, 1.165) is 17.7 Å². The fourth-order valence-electron chi connectivity index (χ4n) is 4.59. The summed E-state index contributed by atoms with van der Waals surface area (Å²) >= 11 is 0. The molecular formula is C24H25F3N6O. The van der Waals surface area contributed by atoms with Gasteiger partial charge in [-0.05, 0) is 50.6 Å².